The van der Waals surface area contributed by atoms with Crippen LogP contribution in [0.3, 0.4) is 0 Å². The molecule has 0 heterocycles. The van der Waals surface area contributed by atoms with Crippen LogP contribution in [0.2, 0.25) is 0 Å². The Labute approximate surface area is 111 Å². The van der Waals surface area contributed by atoms with Crippen LogP contribution in [0.15, 0.2) is 0 Å². The molecule has 0 radical (unpaired) electrons. The third-order valence-electron chi connectivity index (χ3n) is 2.58. The molecule has 0 unspecified atom stereocenters. The maximum absolute atomic E-state index is 12.1. The first kappa shape index (κ1) is 16.9. The molecule has 0 aromatic heterocycles. The minimum Gasteiger partial charge on any atom is -0.349 e. The minimum atomic E-state index is 0.0115. The van der Waals surface area contributed by atoms with Gasteiger partial charge in [-0.3, -0.25) is 9.59 Å². The Bertz CT molecular complexity index is 263. The van der Waals surface area contributed by atoms with Crippen molar-refractivity contribution in [2.24, 2.45) is 11.8 Å². The lowest BCUT2D eigenvalue weighted by molar-refractivity contribution is -0.136. The molecule has 0 aliphatic carbocycles. The SMILES string of the molecule is CC(C)CN(CC(C)C)C(=O)CCC(=O)N(C)C. The summed E-state index contributed by atoms with van der Waals surface area (Å²) in [5, 5.41) is 0. The molecule has 4 nitrogen and oxygen atoms in total. The van der Waals surface area contributed by atoms with Gasteiger partial charge in [-0.05, 0) is 11.8 Å². The Morgan fingerprint density at radius 2 is 1.22 bits per heavy atom. The lowest BCUT2D eigenvalue weighted by Gasteiger charge is -2.26. The molecule has 0 aliphatic rings. The van der Waals surface area contributed by atoms with Crippen molar-refractivity contribution in [1.29, 1.82) is 0 Å². The highest BCUT2D eigenvalue weighted by molar-refractivity contribution is 5.83. The van der Waals surface area contributed by atoms with Crippen molar-refractivity contribution in [3.05, 3.63) is 0 Å². The van der Waals surface area contributed by atoms with Crippen molar-refractivity contribution in [2.45, 2.75) is 40.5 Å². The van der Waals surface area contributed by atoms with Crippen LogP contribution in [0.4, 0.5) is 0 Å². The fourth-order valence-corrected chi connectivity index (χ4v) is 1.76. The second-order valence-electron chi connectivity index (χ2n) is 5.87. The van der Waals surface area contributed by atoms with Gasteiger partial charge in [-0.1, -0.05) is 27.7 Å². The van der Waals surface area contributed by atoms with Crippen molar-refractivity contribution >= 4 is 11.8 Å². The zero-order chi connectivity index (χ0) is 14.3. The van der Waals surface area contributed by atoms with E-state index in [0.717, 1.165) is 13.1 Å². The van der Waals surface area contributed by atoms with Crippen LogP contribution < -0.4 is 0 Å². The average molecular weight is 256 g/mol. The van der Waals surface area contributed by atoms with Crippen molar-refractivity contribution in [3.8, 4) is 0 Å². The normalized spacial score (nSPS) is 10.9. The Hall–Kier alpha value is -1.06. The Morgan fingerprint density at radius 1 is 0.833 bits per heavy atom. The van der Waals surface area contributed by atoms with Crippen molar-refractivity contribution in [2.75, 3.05) is 27.2 Å². The maximum atomic E-state index is 12.1. The van der Waals surface area contributed by atoms with E-state index in [9.17, 15) is 9.59 Å². The van der Waals surface area contributed by atoms with Crippen molar-refractivity contribution in [3.63, 3.8) is 0 Å². The largest absolute Gasteiger partial charge is 0.349 e. The van der Waals surface area contributed by atoms with Crippen LogP contribution in [-0.4, -0.2) is 48.8 Å². The van der Waals surface area contributed by atoms with Gasteiger partial charge >= 0.3 is 0 Å². The molecule has 106 valence electrons. The highest BCUT2D eigenvalue weighted by Gasteiger charge is 2.17. The second-order valence-corrected chi connectivity index (χ2v) is 5.87. The monoisotopic (exact) mass is 256 g/mol. The van der Waals surface area contributed by atoms with Gasteiger partial charge in [-0.25, -0.2) is 0 Å². The topological polar surface area (TPSA) is 40.6 Å². The predicted molar refractivity (Wildman–Crippen MR) is 74.2 cm³/mol. The van der Waals surface area contributed by atoms with Crippen LogP contribution in [0, 0.1) is 11.8 Å². The third kappa shape index (κ3) is 7.30. The molecule has 0 bridgehead atoms. The lowest BCUT2D eigenvalue weighted by Crippen LogP contribution is -2.37. The first-order chi connectivity index (χ1) is 8.23. The fourth-order valence-electron chi connectivity index (χ4n) is 1.76. The Balaban J connectivity index is 4.33. The molecule has 0 N–H and O–H groups in total. The predicted octanol–water partition coefficient (Wildman–Crippen LogP) is 2.00. The quantitative estimate of drug-likeness (QED) is 0.699. The third-order valence-corrected chi connectivity index (χ3v) is 2.58. The Kier molecular flexibility index (Phi) is 7.64. The van der Waals surface area contributed by atoms with Gasteiger partial charge in [0.05, 0.1) is 0 Å². The standard InChI is InChI=1S/C14H28N2O2/c1-11(2)9-16(10-12(3)4)14(18)8-7-13(17)15(5)6/h11-12H,7-10H2,1-6H3. The molecule has 2 amide bonds. The van der Waals surface area contributed by atoms with Crippen LogP contribution in [0.25, 0.3) is 0 Å². The van der Waals surface area contributed by atoms with E-state index < -0.39 is 0 Å². The van der Waals surface area contributed by atoms with Crippen molar-refractivity contribution < 1.29 is 9.59 Å². The number of nitrogens with zero attached hydrogens (tertiary/aromatic N) is 2. The van der Waals surface area contributed by atoms with Crippen LogP contribution in [0.1, 0.15) is 40.5 Å². The summed E-state index contributed by atoms with van der Waals surface area (Å²) in [6, 6.07) is 0. The molecule has 0 spiro atoms. The first-order valence-corrected chi connectivity index (χ1v) is 6.72. The van der Waals surface area contributed by atoms with Gasteiger partial charge in [0.25, 0.3) is 0 Å². The van der Waals surface area contributed by atoms with E-state index in [-0.39, 0.29) is 11.8 Å². The summed E-state index contributed by atoms with van der Waals surface area (Å²) in [6.45, 7) is 9.95. The number of hydrogen-bond donors (Lipinski definition) is 0. The Morgan fingerprint density at radius 3 is 1.56 bits per heavy atom. The maximum Gasteiger partial charge on any atom is 0.223 e. The smallest absolute Gasteiger partial charge is 0.223 e. The van der Waals surface area contributed by atoms with E-state index in [2.05, 4.69) is 27.7 Å². The van der Waals surface area contributed by atoms with Gasteiger partial charge in [0.2, 0.25) is 11.8 Å². The van der Waals surface area contributed by atoms with Gasteiger partial charge in [0.15, 0.2) is 0 Å². The van der Waals surface area contributed by atoms with Gasteiger partial charge in [0.1, 0.15) is 0 Å². The number of amides is 2. The summed E-state index contributed by atoms with van der Waals surface area (Å²) in [4.78, 5) is 27.0. The summed E-state index contributed by atoms with van der Waals surface area (Å²) in [6.07, 6.45) is 0.620. The lowest BCUT2D eigenvalue weighted by atomic mass is 10.1. The number of carbonyl (C=O) groups is 2. The zero-order valence-corrected chi connectivity index (χ0v) is 12.7. The second kappa shape index (κ2) is 8.11. The summed E-state index contributed by atoms with van der Waals surface area (Å²) in [5.41, 5.74) is 0. The zero-order valence-electron chi connectivity index (χ0n) is 12.7. The molecule has 0 aromatic carbocycles. The van der Waals surface area contributed by atoms with E-state index in [0.29, 0.717) is 24.7 Å². The summed E-state index contributed by atoms with van der Waals surface area (Å²) >= 11 is 0. The van der Waals surface area contributed by atoms with Gasteiger partial charge in [-0.15, -0.1) is 0 Å². The molecule has 0 saturated heterocycles. The van der Waals surface area contributed by atoms with Crippen LogP contribution >= 0.6 is 0 Å². The minimum absolute atomic E-state index is 0.0115. The number of rotatable bonds is 7. The molecular formula is C14H28N2O2. The summed E-state index contributed by atoms with van der Waals surface area (Å²) in [7, 11) is 3.43. The molecular weight excluding hydrogens is 228 g/mol. The molecule has 18 heavy (non-hydrogen) atoms. The van der Waals surface area contributed by atoms with Crippen LogP contribution in [0.5, 0.6) is 0 Å². The van der Waals surface area contributed by atoms with Gasteiger partial charge in [-0.2, -0.15) is 0 Å². The van der Waals surface area contributed by atoms with E-state index in [1.165, 1.54) is 4.90 Å². The molecule has 0 atom stereocenters. The van der Waals surface area contributed by atoms with E-state index in [1.54, 1.807) is 14.1 Å². The van der Waals surface area contributed by atoms with E-state index in [1.807, 2.05) is 4.90 Å². The molecule has 0 aliphatic heterocycles. The molecule has 0 rings (SSSR count). The van der Waals surface area contributed by atoms with Gasteiger partial charge < -0.3 is 9.80 Å². The van der Waals surface area contributed by atoms with Crippen LogP contribution in [-0.2, 0) is 9.59 Å². The highest BCUT2D eigenvalue weighted by Crippen LogP contribution is 2.07. The number of carbonyl (C=O) groups excluding carboxylic acids is 2. The molecule has 4 heteroatoms. The van der Waals surface area contributed by atoms with E-state index >= 15 is 0 Å². The molecule has 0 aromatic rings. The highest BCUT2D eigenvalue weighted by atomic mass is 16.2. The first-order valence-electron chi connectivity index (χ1n) is 6.72. The summed E-state index contributed by atoms with van der Waals surface area (Å²) in [5.74, 6) is 1.01. The average Bonchev–Trinajstić information content (AvgIpc) is 2.22. The van der Waals surface area contributed by atoms with E-state index in [4.69, 9.17) is 0 Å². The fraction of sp³-hybridized carbons (Fsp3) is 0.857. The number of hydrogen-bond acceptors (Lipinski definition) is 2. The molecule has 0 saturated carbocycles. The molecule has 0 fully saturated rings. The van der Waals surface area contributed by atoms with Gasteiger partial charge in [0, 0.05) is 40.0 Å². The van der Waals surface area contributed by atoms with Crippen molar-refractivity contribution in [1.82, 2.24) is 9.80 Å². The summed E-state index contributed by atoms with van der Waals surface area (Å²) < 4.78 is 0.